The summed E-state index contributed by atoms with van der Waals surface area (Å²) >= 11 is 0. The minimum absolute atomic E-state index is 0.110. The Kier molecular flexibility index (Phi) is 28.7. The van der Waals surface area contributed by atoms with Gasteiger partial charge >= 0.3 is 0 Å². The van der Waals surface area contributed by atoms with Gasteiger partial charge in [0.05, 0.1) is 0 Å². The Bertz CT molecular complexity index is 518. The van der Waals surface area contributed by atoms with Gasteiger partial charge in [0.1, 0.15) is 0 Å². The van der Waals surface area contributed by atoms with Gasteiger partial charge in [-0.3, -0.25) is 0 Å². The molecule has 1 rings (SSSR count). The van der Waals surface area contributed by atoms with Crippen molar-refractivity contribution in [3.05, 3.63) is 0 Å². The first kappa shape index (κ1) is 41.9. The highest BCUT2D eigenvalue weighted by molar-refractivity contribution is 4.98. The van der Waals surface area contributed by atoms with Crippen LogP contribution in [-0.4, -0.2) is 46.9 Å². The third-order valence-corrected chi connectivity index (χ3v) is 11.5. The summed E-state index contributed by atoms with van der Waals surface area (Å²) in [6, 6.07) is 0. The van der Waals surface area contributed by atoms with E-state index in [0.29, 0.717) is 25.7 Å². The van der Waals surface area contributed by atoms with Crippen molar-refractivity contribution in [3.63, 3.8) is 0 Å². The summed E-state index contributed by atoms with van der Waals surface area (Å²) < 4.78 is 0. The molecule has 4 heteroatoms. The molecule has 0 unspecified atom stereocenters. The van der Waals surface area contributed by atoms with Crippen LogP contribution in [0.3, 0.4) is 0 Å². The molecule has 1 saturated carbocycles. The summed E-state index contributed by atoms with van der Waals surface area (Å²) in [5, 5.41) is 40.8. The van der Waals surface area contributed by atoms with E-state index in [1.54, 1.807) is 0 Å². The summed E-state index contributed by atoms with van der Waals surface area (Å²) in [5.41, 5.74) is -0.443. The predicted molar refractivity (Wildman–Crippen MR) is 190 cm³/mol. The topological polar surface area (TPSA) is 80.9 Å². The van der Waals surface area contributed by atoms with E-state index in [1.807, 2.05) is 0 Å². The first-order valence-electron chi connectivity index (χ1n) is 20.1. The van der Waals surface area contributed by atoms with E-state index < -0.39 is 0 Å². The summed E-state index contributed by atoms with van der Waals surface area (Å²) in [5.74, 6) is 0. The number of hydrogen-bond donors (Lipinski definition) is 4. The zero-order valence-corrected chi connectivity index (χ0v) is 29.7. The first-order chi connectivity index (χ1) is 21.7. The van der Waals surface area contributed by atoms with Crippen LogP contribution in [0.4, 0.5) is 0 Å². The van der Waals surface area contributed by atoms with Gasteiger partial charge in [0.2, 0.25) is 0 Å². The normalized spacial score (nSPS) is 23.2. The van der Waals surface area contributed by atoms with Gasteiger partial charge in [0.15, 0.2) is 0 Å². The van der Waals surface area contributed by atoms with Crippen LogP contribution in [0.1, 0.15) is 218 Å². The maximum atomic E-state index is 10.2. The summed E-state index contributed by atoms with van der Waals surface area (Å²) in [6.45, 7) is 0.439. The standard InChI is InChI=1S/C40H80O4/c41-35-31-39(32-36-42)29-27-25-23-21-19-17-15-13-11-9-7-5-3-1-2-4-6-8-10-12-14-16-18-20-22-24-26-28-30-40(39,33-37-43)34-38-44/h41-44H,1-38H2. The Labute approximate surface area is 275 Å². The SMILES string of the molecule is OCCC1(CCO)CCCCCCCCCCCCCCCCCCCCCCCCCCCCCCC1(CCO)CCO. The highest BCUT2D eigenvalue weighted by atomic mass is 16.3. The van der Waals surface area contributed by atoms with Crippen LogP contribution < -0.4 is 0 Å². The molecule has 0 atom stereocenters. The second-order valence-corrected chi connectivity index (χ2v) is 14.9. The minimum atomic E-state index is -0.222. The molecule has 0 spiro atoms. The van der Waals surface area contributed by atoms with Gasteiger partial charge in [0, 0.05) is 26.4 Å². The summed E-state index contributed by atoms with van der Waals surface area (Å²) in [7, 11) is 0. The van der Waals surface area contributed by atoms with Crippen molar-refractivity contribution in [2.75, 3.05) is 26.4 Å². The third-order valence-electron chi connectivity index (χ3n) is 11.5. The lowest BCUT2D eigenvalue weighted by atomic mass is 9.53. The van der Waals surface area contributed by atoms with Crippen LogP contribution in [0.2, 0.25) is 0 Å². The van der Waals surface area contributed by atoms with E-state index in [0.717, 1.165) is 25.7 Å². The molecular formula is C40H80O4. The monoisotopic (exact) mass is 625 g/mol. The van der Waals surface area contributed by atoms with Gasteiger partial charge in [-0.05, 0) is 49.4 Å². The number of aliphatic hydroxyl groups excluding tert-OH is 4. The fourth-order valence-electron chi connectivity index (χ4n) is 8.72. The molecule has 0 heterocycles. The number of hydrogen-bond acceptors (Lipinski definition) is 4. The van der Waals surface area contributed by atoms with Crippen LogP contribution in [0, 0.1) is 10.8 Å². The lowest BCUT2D eigenvalue weighted by Gasteiger charge is -2.52. The Morgan fingerprint density at radius 1 is 0.227 bits per heavy atom. The molecule has 0 aromatic rings. The highest BCUT2D eigenvalue weighted by Gasteiger charge is 2.48. The zero-order valence-electron chi connectivity index (χ0n) is 29.7. The molecule has 0 amide bonds. The molecule has 4 nitrogen and oxygen atoms in total. The van der Waals surface area contributed by atoms with Gasteiger partial charge in [0.25, 0.3) is 0 Å². The van der Waals surface area contributed by atoms with E-state index >= 15 is 0 Å². The quantitative estimate of drug-likeness (QED) is 0.216. The van der Waals surface area contributed by atoms with E-state index in [-0.39, 0.29) is 37.3 Å². The average molecular weight is 625 g/mol. The van der Waals surface area contributed by atoms with Crippen LogP contribution >= 0.6 is 0 Å². The molecule has 0 saturated heterocycles. The van der Waals surface area contributed by atoms with Crippen molar-refractivity contribution < 1.29 is 20.4 Å². The van der Waals surface area contributed by atoms with Crippen LogP contribution in [-0.2, 0) is 0 Å². The van der Waals surface area contributed by atoms with Crippen LogP contribution in [0.25, 0.3) is 0 Å². The number of aliphatic hydroxyl groups is 4. The van der Waals surface area contributed by atoms with Gasteiger partial charge in [-0.25, -0.2) is 0 Å². The molecule has 44 heavy (non-hydrogen) atoms. The largest absolute Gasteiger partial charge is 0.396 e. The predicted octanol–water partition coefficient (Wildman–Crippen LogP) is 11.2. The van der Waals surface area contributed by atoms with Crippen molar-refractivity contribution in [3.8, 4) is 0 Å². The van der Waals surface area contributed by atoms with Crippen LogP contribution in [0.15, 0.2) is 0 Å². The average Bonchev–Trinajstić information content (AvgIpc) is 3.01. The summed E-state index contributed by atoms with van der Waals surface area (Å²) in [4.78, 5) is 0. The van der Waals surface area contributed by atoms with Gasteiger partial charge < -0.3 is 20.4 Å². The fourth-order valence-corrected chi connectivity index (χ4v) is 8.72. The van der Waals surface area contributed by atoms with E-state index in [2.05, 4.69) is 0 Å². The Morgan fingerprint density at radius 3 is 0.500 bits per heavy atom. The molecule has 0 aromatic heterocycles. The van der Waals surface area contributed by atoms with Crippen molar-refractivity contribution in [2.45, 2.75) is 218 Å². The third kappa shape index (κ3) is 19.5. The van der Waals surface area contributed by atoms with Gasteiger partial charge in [-0.2, -0.15) is 0 Å². The lowest BCUT2D eigenvalue weighted by molar-refractivity contribution is -0.0601. The van der Waals surface area contributed by atoms with Crippen LogP contribution in [0.5, 0.6) is 0 Å². The van der Waals surface area contributed by atoms with E-state index in [1.165, 1.54) is 167 Å². The van der Waals surface area contributed by atoms with Crippen molar-refractivity contribution in [1.29, 1.82) is 0 Å². The van der Waals surface area contributed by atoms with Gasteiger partial charge in [-0.15, -0.1) is 0 Å². The highest BCUT2D eigenvalue weighted by Crippen LogP contribution is 2.56. The fraction of sp³-hybridized carbons (Fsp3) is 1.00. The number of rotatable bonds is 8. The Morgan fingerprint density at radius 2 is 0.364 bits per heavy atom. The first-order valence-corrected chi connectivity index (χ1v) is 20.1. The van der Waals surface area contributed by atoms with E-state index in [9.17, 15) is 20.4 Å². The molecule has 1 fully saturated rings. The lowest BCUT2D eigenvalue weighted by Crippen LogP contribution is -2.45. The maximum absolute atomic E-state index is 10.2. The molecular weight excluding hydrogens is 544 g/mol. The minimum Gasteiger partial charge on any atom is -0.396 e. The van der Waals surface area contributed by atoms with Gasteiger partial charge in [-0.1, -0.05) is 180 Å². The summed E-state index contributed by atoms with van der Waals surface area (Å²) in [6.07, 6.45) is 42.7. The molecule has 0 radical (unpaired) electrons. The molecule has 4 N–H and O–H groups in total. The maximum Gasteiger partial charge on any atom is 0.0436 e. The van der Waals surface area contributed by atoms with Crippen molar-refractivity contribution >= 4 is 0 Å². The molecule has 1 aliphatic rings. The van der Waals surface area contributed by atoms with Crippen molar-refractivity contribution in [2.24, 2.45) is 10.8 Å². The Balaban J connectivity index is 2.69. The molecule has 1 aliphatic carbocycles. The van der Waals surface area contributed by atoms with Crippen molar-refractivity contribution in [1.82, 2.24) is 0 Å². The Hall–Kier alpha value is -0.160. The second-order valence-electron chi connectivity index (χ2n) is 14.9. The molecule has 0 aliphatic heterocycles. The zero-order chi connectivity index (χ0) is 31.9. The molecule has 0 bridgehead atoms. The molecule has 264 valence electrons. The second kappa shape index (κ2) is 30.2. The van der Waals surface area contributed by atoms with E-state index in [4.69, 9.17) is 0 Å². The molecule has 0 aromatic carbocycles. The smallest absolute Gasteiger partial charge is 0.0436 e.